The Morgan fingerprint density at radius 3 is 2.52 bits per heavy atom. The number of benzene rings is 1. The maximum absolute atomic E-state index is 13.0. The summed E-state index contributed by atoms with van der Waals surface area (Å²) in [7, 11) is 3.63. The van der Waals surface area contributed by atoms with Crippen molar-refractivity contribution in [3.63, 3.8) is 0 Å². The van der Waals surface area contributed by atoms with Gasteiger partial charge in [-0.05, 0) is 65.8 Å². The molecule has 1 aliphatic rings. The molecule has 2 atom stereocenters. The lowest BCUT2D eigenvalue weighted by Gasteiger charge is -2.50. The van der Waals surface area contributed by atoms with Crippen LogP contribution in [-0.2, 0) is 17.3 Å². The number of hydrogen-bond donors (Lipinski definition) is 1. The fourth-order valence-corrected chi connectivity index (χ4v) is 3.72. The Bertz CT molecular complexity index is 716. The second kappa shape index (κ2) is 8.52. The molecule has 0 bridgehead atoms. The lowest BCUT2D eigenvalue weighted by molar-refractivity contribution is -0.137. The summed E-state index contributed by atoms with van der Waals surface area (Å²) >= 11 is 0. The quantitative estimate of drug-likeness (QED) is 0.808. The van der Waals surface area contributed by atoms with E-state index in [-0.39, 0.29) is 6.54 Å². The predicted octanol–water partition coefficient (Wildman–Crippen LogP) is 3.94. The molecule has 5 nitrogen and oxygen atoms in total. The summed E-state index contributed by atoms with van der Waals surface area (Å²) in [5, 5.41) is 10.8. The van der Waals surface area contributed by atoms with Gasteiger partial charge >= 0.3 is 12.3 Å². The number of carbonyl (C=O) groups excluding carboxylic acids is 1. The number of hydrogen-bond acceptors (Lipinski definition) is 4. The van der Waals surface area contributed by atoms with Crippen molar-refractivity contribution in [1.29, 1.82) is 0 Å². The number of likely N-dealkylation sites (tertiary alicyclic amines) is 1. The molecule has 164 valence electrons. The largest absolute Gasteiger partial charge is 0.444 e. The predicted molar refractivity (Wildman–Crippen MR) is 105 cm³/mol. The van der Waals surface area contributed by atoms with Crippen LogP contribution < -0.4 is 0 Å². The van der Waals surface area contributed by atoms with Gasteiger partial charge in [-0.1, -0.05) is 18.2 Å². The number of alkyl halides is 3. The van der Waals surface area contributed by atoms with E-state index in [4.69, 9.17) is 4.74 Å². The van der Waals surface area contributed by atoms with Gasteiger partial charge in [0.05, 0.1) is 17.2 Å². The maximum Gasteiger partial charge on any atom is 0.416 e. The second-order valence-corrected chi connectivity index (χ2v) is 8.90. The van der Waals surface area contributed by atoms with Crippen molar-refractivity contribution in [2.24, 2.45) is 0 Å². The van der Waals surface area contributed by atoms with Gasteiger partial charge in [0.2, 0.25) is 0 Å². The highest BCUT2D eigenvalue weighted by Crippen LogP contribution is 2.33. The molecule has 0 aromatic heterocycles. The number of aliphatic hydroxyl groups is 1. The summed E-state index contributed by atoms with van der Waals surface area (Å²) in [4.78, 5) is 16.0. The van der Waals surface area contributed by atoms with Crippen LogP contribution in [0.25, 0.3) is 0 Å². The molecular weight excluding hydrogens is 385 g/mol. The molecule has 1 N–H and O–H groups in total. The molecule has 0 saturated carbocycles. The number of ether oxygens (including phenoxy) is 1. The van der Waals surface area contributed by atoms with Crippen LogP contribution in [0.1, 0.15) is 44.7 Å². The lowest BCUT2D eigenvalue weighted by Crippen LogP contribution is -2.65. The number of aliphatic hydroxyl groups excluding tert-OH is 1. The van der Waals surface area contributed by atoms with Crippen LogP contribution in [0, 0.1) is 0 Å². The Hall–Kier alpha value is -1.80. The van der Waals surface area contributed by atoms with E-state index in [0.717, 1.165) is 12.1 Å². The molecule has 1 heterocycles. The second-order valence-electron chi connectivity index (χ2n) is 8.90. The number of aryl methyl sites for hydroxylation is 1. The molecule has 1 saturated heterocycles. The van der Waals surface area contributed by atoms with E-state index in [1.165, 1.54) is 6.07 Å². The molecule has 1 amide bonds. The molecule has 0 aliphatic carbocycles. The summed E-state index contributed by atoms with van der Waals surface area (Å²) in [6, 6.07) is 5.24. The van der Waals surface area contributed by atoms with E-state index in [1.807, 2.05) is 19.0 Å². The van der Waals surface area contributed by atoms with Crippen LogP contribution in [0.5, 0.6) is 0 Å². The standard InChI is InChI=1S/C21H31F3N2O3/c1-19(2,3)29-18(28)26-12-10-17(27)20(14-26,25(4)5)11-9-15-7-6-8-16(13-15)21(22,23)24/h6-8,13,17,27H,9-12,14H2,1-5H3/t17-,20-/m1/s1. The summed E-state index contributed by atoms with van der Waals surface area (Å²) in [6.45, 7) is 5.98. The third-order valence-electron chi connectivity index (χ3n) is 5.40. The van der Waals surface area contributed by atoms with Gasteiger partial charge in [-0.25, -0.2) is 4.79 Å². The van der Waals surface area contributed by atoms with Gasteiger partial charge in [0.25, 0.3) is 0 Å². The summed E-state index contributed by atoms with van der Waals surface area (Å²) in [5.41, 5.74) is -1.55. The Kier molecular flexibility index (Phi) is 6.89. The third kappa shape index (κ3) is 5.85. The zero-order chi connectivity index (χ0) is 22.0. The maximum atomic E-state index is 13.0. The minimum absolute atomic E-state index is 0.245. The first-order valence-electron chi connectivity index (χ1n) is 9.74. The molecule has 1 aromatic rings. The number of nitrogens with zero attached hydrogens (tertiary/aromatic N) is 2. The van der Waals surface area contributed by atoms with Crippen molar-refractivity contribution < 1.29 is 27.8 Å². The smallest absolute Gasteiger partial charge is 0.416 e. The van der Waals surface area contributed by atoms with E-state index in [2.05, 4.69) is 0 Å². The van der Waals surface area contributed by atoms with Crippen LogP contribution in [0.2, 0.25) is 0 Å². The van der Waals surface area contributed by atoms with E-state index in [9.17, 15) is 23.1 Å². The Morgan fingerprint density at radius 1 is 1.31 bits per heavy atom. The van der Waals surface area contributed by atoms with Gasteiger partial charge in [0.1, 0.15) is 5.60 Å². The van der Waals surface area contributed by atoms with Crippen LogP contribution in [0.4, 0.5) is 18.0 Å². The summed E-state index contributed by atoms with van der Waals surface area (Å²) in [6.07, 6.45) is -4.42. The lowest BCUT2D eigenvalue weighted by atomic mass is 9.80. The molecule has 0 radical (unpaired) electrons. The van der Waals surface area contributed by atoms with Crippen molar-refractivity contribution in [2.75, 3.05) is 27.2 Å². The molecule has 29 heavy (non-hydrogen) atoms. The molecule has 0 unspecified atom stereocenters. The van der Waals surface area contributed by atoms with E-state index in [0.29, 0.717) is 31.4 Å². The summed E-state index contributed by atoms with van der Waals surface area (Å²) in [5.74, 6) is 0. The van der Waals surface area contributed by atoms with Crippen LogP contribution in [-0.4, -0.2) is 65.4 Å². The van der Waals surface area contributed by atoms with Gasteiger partial charge in [-0.3, -0.25) is 4.90 Å². The Labute approximate surface area is 170 Å². The highest BCUT2D eigenvalue weighted by molar-refractivity contribution is 5.68. The molecule has 1 aliphatic heterocycles. The molecule has 0 spiro atoms. The van der Waals surface area contributed by atoms with Crippen LogP contribution in [0.15, 0.2) is 24.3 Å². The fourth-order valence-electron chi connectivity index (χ4n) is 3.72. The average Bonchev–Trinajstić information content (AvgIpc) is 2.59. The van der Waals surface area contributed by atoms with Gasteiger partial charge in [0, 0.05) is 13.1 Å². The minimum atomic E-state index is -4.40. The SMILES string of the molecule is CN(C)[C@]1(CCc2cccc(C(F)(F)F)c2)CN(C(=O)OC(C)(C)C)CC[C@H]1O. The number of halogens is 3. The fraction of sp³-hybridized carbons (Fsp3) is 0.667. The Balaban J connectivity index is 2.20. The first-order chi connectivity index (χ1) is 13.2. The molecule has 8 heteroatoms. The molecule has 1 aromatic carbocycles. The number of amides is 1. The average molecular weight is 416 g/mol. The number of piperidine rings is 1. The van der Waals surface area contributed by atoms with Crippen LogP contribution in [0.3, 0.4) is 0 Å². The van der Waals surface area contributed by atoms with Crippen molar-refractivity contribution in [3.05, 3.63) is 35.4 Å². The summed E-state index contributed by atoms with van der Waals surface area (Å²) < 4.78 is 44.5. The van der Waals surface area contributed by atoms with Crippen molar-refractivity contribution in [1.82, 2.24) is 9.80 Å². The topological polar surface area (TPSA) is 53.0 Å². The highest BCUT2D eigenvalue weighted by Gasteiger charge is 2.46. The Morgan fingerprint density at radius 2 is 1.97 bits per heavy atom. The monoisotopic (exact) mass is 416 g/mol. The molecular formula is C21H31F3N2O3. The minimum Gasteiger partial charge on any atom is -0.444 e. The first kappa shape index (κ1) is 23.5. The van der Waals surface area contributed by atoms with Crippen molar-refractivity contribution in [2.45, 2.75) is 63.5 Å². The third-order valence-corrected chi connectivity index (χ3v) is 5.40. The number of rotatable bonds is 4. The van der Waals surface area contributed by atoms with Crippen LogP contribution >= 0.6 is 0 Å². The number of carbonyl (C=O) groups is 1. The van der Waals surface area contributed by atoms with Gasteiger partial charge < -0.3 is 14.7 Å². The van der Waals surface area contributed by atoms with E-state index in [1.54, 1.807) is 31.7 Å². The van der Waals surface area contributed by atoms with E-state index >= 15 is 0 Å². The van der Waals surface area contributed by atoms with Crippen molar-refractivity contribution in [3.8, 4) is 0 Å². The van der Waals surface area contributed by atoms with Gasteiger partial charge in [-0.15, -0.1) is 0 Å². The first-order valence-corrected chi connectivity index (χ1v) is 9.74. The zero-order valence-electron chi connectivity index (χ0n) is 17.7. The number of likely N-dealkylation sites (N-methyl/N-ethyl adjacent to an activating group) is 1. The normalized spacial score (nSPS) is 23.4. The zero-order valence-corrected chi connectivity index (χ0v) is 17.7. The van der Waals surface area contributed by atoms with Gasteiger partial charge in [-0.2, -0.15) is 13.2 Å². The molecule has 2 rings (SSSR count). The van der Waals surface area contributed by atoms with Gasteiger partial charge in [0.15, 0.2) is 0 Å². The van der Waals surface area contributed by atoms with Crippen molar-refractivity contribution >= 4 is 6.09 Å². The van der Waals surface area contributed by atoms with E-state index < -0.39 is 35.1 Å². The molecule has 1 fully saturated rings. The highest BCUT2D eigenvalue weighted by atomic mass is 19.4.